The molecule has 5 nitrogen and oxygen atoms in total. The second-order valence-electron chi connectivity index (χ2n) is 7.09. The minimum atomic E-state index is -3.61. The lowest BCUT2D eigenvalue weighted by molar-refractivity contribution is -0.114. The number of carbonyl (C=O) groups is 1. The van der Waals surface area contributed by atoms with E-state index in [1.807, 2.05) is 54.6 Å². The average Bonchev–Trinajstić information content (AvgIpc) is 2.66. The number of fused-ring (bicyclic) bond motifs is 1. The second kappa shape index (κ2) is 8.02. The number of benzene rings is 3. The van der Waals surface area contributed by atoms with Crippen LogP contribution in [0.4, 0.5) is 11.4 Å². The van der Waals surface area contributed by atoms with Crippen LogP contribution < -0.4 is 9.62 Å². The molecule has 3 aromatic carbocycles. The van der Waals surface area contributed by atoms with Crippen LogP contribution in [0.1, 0.15) is 25.3 Å². The molecule has 0 radical (unpaired) electrons. The second-order valence-corrected chi connectivity index (χ2v) is 9.00. The SMILES string of the molecule is CC(C)c1ccc(N(CC(=O)Nc2cccc3ccccc23)S(C)(=O)=O)cc1. The van der Waals surface area contributed by atoms with Crippen LogP contribution in [0, 0.1) is 0 Å². The Morgan fingerprint density at radius 3 is 2.25 bits per heavy atom. The van der Waals surface area contributed by atoms with Crippen molar-refractivity contribution in [1.29, 1.82) is 0 Å². The molecule has 0 aromatic heterocycles. The molecule has 0 heterocycles. The summed E-state index contributed by atoms with van der Waals surface area (Å²) in [5, 5.41) is 4.75. The maximum Gasteiger partial charge on any atom is 0.245 e. The van der Waals surface area contributed by atoms with E-state index in [4.69, 9.17) is 0 Å². The van der Waals surface area contributed by atoms with Gasteiger partial charge in [-0.15, -0.1) is 0 Å². The van der Waals surface area contributed by atoms with Crippen molar-refractivity contribution in [3.05, 3.63) is 72.3 Å². The fourth-order valence-electron chi connectivity index (χ4n) is 3.08. The van der Waals surface area contributed by atoms with E-state index in [9.17, 15) is 13.2 Å². The van der Waals surface area contributed by atoms with Crippen LogP contribution >= 0.6 is 0 Å². The summed E-state index contributed by atoms with van der Waals surface area (Å²) < 4.78 is 25.7. The van der Waals surface area contributed by atoms with E-state index < -0.39 is 15.9 Å². The molecule has 0 fully saturated rings. The maximum atomic E-state index is 12.6. The molecule has 6 heteroatoms. The highest BCUT2D eigenvalue weighted by molar-refractivity contribution is 7.92. The van der Waals surface area contributed by atoms with Gasteiger partial charge in [0.15, 0.2) is 0 Å². The minimum Gasteiger partial charge on any atom is -0.324 e. The molecule has 3 rings (SSSR count). The zero-order valence-electron chi connectivity index (χ0n) is 16.2. The van der Waals surface area contributed by atoms with Gasteiger partial charge in [0.1, 0.15) is 6.54 Å². The molecule has 1 N–H and O–H groups in total. The number of hydrogen-bond acceptors (Lipinski definition) is 3. The summed E-state index contributed by atoms with van der Waals surface area (Å²) in [6.07, 6.45) is 1.11. The third kappa shape index (κ3) is 4.51. The molecule has 28 heavy (non-hydrogen) atoms. The van der Waals surface area contributed by atoms with Crippen molar-refractivity contribution in [3.8, 4) is 0 Å². The first-order valence-electron chi connectivity index (χ1n) is 9.11. The van der Waals surface area contributed by atoms with Gasteiger partial charge in [-0.05, 0) is 35.1 Å². The van der Waals surface area contributed by atoms with Crippen LogP contribution in [0.3, 0.4) is 0 Å². The van der Waals surface area contributed by atoms with Crippen molar-refractivity contribution in [3.63, 3.8) is 0 Å². The molecule has 0 aliphatic carbocycles. The standard InChI is InChI=1S/C22H24N2O3S/c1-16(2)17-11-13-19(14-12-17)24(28(3,26)27)15-22(25)23-21-10-6-8-18-7-4-5-9-20(18)21/h4-14,16H,15H2,1-3H3,(H,23,25). The van der Waals surface area contributed by atoms with E-state index >= 15 is 0 Å². The monoisotopic (exact) mass is 396 g/mol. The molecular weight excluding hydrogens is 372 g/mol. The largest absolute Gasteiger partial charge is 0.324 e. The van der Waals surface area contributed by atoms with Gasteiger partial charge in [-0.3, -0.25) is 9.10 Å². The van der Waals surface area contributed by atoms with Gasteiger partial charge in [0.05, 0.1) is 11.9 Å². The van der Waals surface area contributed by atoms with Crippen molar-refractivity contribution in [2.45, 2.75) is 19.8 Å². The van der Waals surface area contributed by atoms with Crippen molar-refractivity contribution >= 4 is 38.1 Å². The molecule has 1 amide bonds. The van der Waals surface area contributed by atoms with E-state index in [1.54, 1.807) is 12.1 Å². The third-order valence-corrected chi connectivity index (χ3v) is 5.74. The summed E-state index contributed by atoms with van der Waals surface area (Å²) in [6.45, 7) is 3.85. The Bertz CT molecular complexity index is 1080. The van der Waals surface area contributed by atoms with Crippen molar-refractivity contribution in [2.75, 3.05) is 22.4 Å². The first kappa shape index (κ1) is 19.9. The Morgan fingerprint density at radius 2 is 1.61 bits per heavy atom. The predicted octanol–water partition coefficient (Wildman–Crippen LogP) is 4.37. The third-order valence-electron chi connectivity index (χ3n) is 4.60. The molecule has 0 unspecified atom stereocenters. The normalized spacial score (nSPS) is 11.6. The highest BCUT2D eigenvalue weighted by Crippen LogP contribution is 2.24. The van der Waals surface area contributed by atoms with E-state index in [2.05, 4.69) is 19.2 Å². The molecule has 146 valence electrons. The summed E-state index contributed by atoms with van der Waals surface area (Å²) in [5.74, 6) is -0.0508. The zero-order valence-corrected chi connectivity index (χ0v) is 17.0. The number of hydrogen-bond donors (Lipinski definition) is 1. The number of anilines is 2. The quantitative estimate of drug-likeness (QED) is 0.673. The predicted molar refractivity (Wildman–Crippen MR) is 115 cm³/mol. The summed E-state index contributed by atoms with van der Waals surface area (Å²) in [6, 6.07) is 20.6. The van der Waals surface area contributed by atoms with E-state index in [-0.39, 0.29) is 6.54 Å². The Balaban J connectivity index is 1.84. The van der Waals surface area contributed by atoms with Gasteiger partial charge in [-0.25, -0.2) is 8.42 Å². The van der Waals surface area contributed by atoms with E-state index in [1.165, 1.54) is 0 Å². The van der Waals surface area contributed by atoms with Gasteiger partial charge in [0, 0.05) is 11.1 Å². The van der Waals surface area contributed by atoms with Crippen molar-refractivity contribution < 1.29 is 13.2 Å². The minimum absolute atomic E-state index is 0.289. The molecule has 0 saturated heterocycles. The van der Waals surface area contributed by atoms with Crippen molar-refractivity contribution in [2.24, 2.45) is 0 Å². The summed E-state index contributed by atoms with van der Waals surface area (Å²) in [5.41, 5.74) is 2.24. The van der Waals surface area contributed by atoms with Gasteiger partial charge >= 0.3 is 0 Å². The molecule has 0 spiro atoms. The summed E-state index contributed by atoms with van der Waals surface area (Å²) in [7, 11) is -3.61. The van der Waals surface area contributed by atoms with E-state index in [0.29, 0.717) is 17.3 Å². The topological polar surface area (TPSA) is 66.5 Å². The van der Waals surface area contributed by atoms with Crippen LogP contribution in [-0.4, -0.2) is 27.1 Å². The van der Waals surface area contributed by atoms with Crippen LogP contribution in [0.25, 0.3) is 10.8 Å². The molecule has 0 bridgehead atoms. The number of nitrogens with zero attached hydrogens (tertiary/aromatic N) is 1. The van der Waals surface area contributed by atoms with Crippen molar-refractivity contribution in [1.82, 2.24) is 0 Å². The molecule has 0 aliphatic rings. The summed E-state index contributed by atoms with van der Waals surface area (Å²) in [4.78, 5) is 12.6. The van der Waals surface area contributed by atoms with Crippen LogP contribution in [0.15, 0.2) is 66.7 Å². The van der Waals surface area contributed by atoms with Crippen LogP contribution in [0.5, 0.6) is 0 Å². The summed E-state index contributed by atoms with van der Waals surface area (Å²) >= 11 is 0. The van der Waals surface area contributed by atoms with Gasteiger partial charge in [0.25, 0.3) is 0 Å². The molecule has 0 saturated carbocycles. The highest BCUT2D eigenvalue weighted by Gasteiger charge is 2.21. The molecule has 3 aromatic rings. The fourth-order valence-corrected chi connectivity index (χ4v) is 3.94. The first-order valence-corrected chi connectivity index (χ1v) is 11.0. The smallest absolute Gasteiger partial charge is 0.245 e. The number of amides is 1. The fraction of sp³-hybridized carbons (Fsp3) is 0.227. The Labute approximate surface area is 166 Å². The van der Waals surface area contributed by atoms with Gasteiger partial charge in [-0.1, -0.05) is 62.4 Å². The highest BCUT2D eigenvalue weighted by atomic mass is 32.2. The van der Waals surface area contributed by atoms with Crippen LogP contribution in [-0.2, 0) is 14.8 Å². The molecular formula is C22H24N2O3S. The first-order chi connectivity index (χ1) is 13.3. The van der Waals surface area contributed by atoms with Gasteiger partial charge < -0.3 is 5.32 Å². The Kier molecular flexibility index (Phi) is 5.70. The zero-order chi connectivity index (χ0) is 20.3. The van der Waals surface area contributed by atoms with E-state index in [0.717, 1.165) is 26.9 Å². The average molecular weight is 397 g/mol. The Hall–Kier alpha value is -2.86. The lowest BCUT2D eigenvalue weighted by Crippen LogP contribution is -2.37. The number of sulfonamides is 1. The number of nitrogens with one attached hydrogen (secondary N) is 1. The Morgan fingerprint density at radius 1 is 0.964 bits per heavy atom. The number of rotatable bonds is 6. The lowest BCUT2D eigenvalue weighted by Gasteiger charge is -2.22. The van der Waals surface area contributed by atoms with Gasteiger partial charge in [-0.2, -0.15) is 0 Å². The van der Waals surface area contributed by atoms with Gasteiger partial charge in [0.2, 0.25) is 15.9 Å². The maximum absolute atomic E-state index is 12.6. The molecule has 0 aliphatic heterocycles. The molecule has 0 atom stereocenters. The number of carbonyl (C=O) groups excluding carboxylic acids is 1. The lowest BCUT2D eigenvalue weighted by atomic mass is 10.0. The van der Waals surface area contributed by atoms with Crippen LogP contribution in [0.2, 0.25) is 0 Å².